The second kappa shape index (κ2) is 8.92. The number of fused-ring (bicyclic) bond motifs is 1. The van der Waals surface area contributed by atoms with E-state index in [4.69, 9.17) is 0 Å². The minimum Gasteiger partial charge on any atom is -0.354 e. The van der Waals surface area contributed by atoms with Gasteiger partial charge in [0.2, 0.25) is 5.91 Å². The second-order valence-electron chi connectivity index (χ2n) is 7.36. The zero-order chi connectivity index (χ0) is 21.8. The molecule has 1 N–H and O–H groups in total. The summed E-state index contributed by atoms with van der Waals surface area (Å²) in [6.45, 7) is 0.189. The first-order valence-corrected chi connectivity index (χ1v) is 10.1. The van der Waals surface area contributed by atoms with Crippen LogP contribution >= 0.6 is 0 Å². The van der Waals surface area contributed by atoms with E-state index in [1.54, 1.807) is 42.5 Å². The smallest absolute Gasteiger partial charge is 0.262 e. The molecule has 0 saturated carbocycles. The fourth-order valence-electron chi connectivity index (χ4n) is 3.77. The Bertz CT molecular complexity index is 1100. The maximum atomic E-state index is 13.8. The van der Waals surface area contributed by atoms with E-state index in [1.807, 2.05) is 30.3 Å². The Morgan fingerprint density at radius 2 is 1.42 bits per heavy atom. The van der Waals surface area contributed by atoms with Crippen molar-refractivity contribution in [2.75, 3.05) is 6.54 Å². The first-order valence-electron chi connectivity index (χ1n) is 10.1. The maximum absolute atomic E-state index is 13.8. The molecule has 0 aromatic heterocycles. The largest absolute Gasteiger partial charge is 0.354 e. The molecule has 0 spiro atoms. The fraction of sp³-hybridized carbons (Fsp3) is 0.160. The summed E-state index contributed by atoms with van der Waals surface area (Å²) in [6.07, 6.45) is 0.496. The number of halogens is 1. The van der Waals surface area contributed by atoms with Gasteiger partial charge in [-0.2, -0.15) is 0 Å². The molecule has 0 bridgehead atoms. The molecule has 0 radical (unpaired) electrons. The van der Waals surface area contributed by atoms with Gasteiger partial charge in [-0.05, 0) is 35.7 Å². The predicted molar refractivity (Wildman–Crippen MR) is 114 cm³/mol. The van der Waals surface area contributed by atoms with Crippen molar-refractivity contribution in [3.05, 3.63) is 107 Å². The third-order valence-corrected chi connectivity index (χ3v) is 5.36. The lowest BCUT2D eigenvalue weighted by Gasteiger charge is -2.25. The van der Waals surface area contributed by atoms with E-state index < -0.39 is 23.8 Å². The van der Waals surface area contributed by atoms with E-state index in [1.165, 1.54) is 6.07 Å². The van der Waals surface area contributed by atoms with Crippen molar-refractivity contribution in [1.82, 2.24) is 10.2 Å². The minimum absolute atomic E-state index is 0.189. The molecule has 1 atom stereocenters. The topological polar surface area (TPSA) is 66.5 Å². The van der Waals surface area contributed by atoms with Crippen LogP contribution in [0.2, 0.25) is 0 Å². The standard InChI is InChI=1S/C25H21FN2O3/c26-21-13-7-4-10-18(21)14-15-27-23(29)22(16-17-8-2-1-3-9-17)28-24(30)19-11-5-6-12-20(19)25(28)31/h1-13,22H,14-16H2,(H,27,29). The number of imide groups is 1. The molecule has 1 heterocycles. The Hall–Kier alpha value is -3.80. The molecular formula is C25H21FN2O3. The van der Waals surface area contributed by atoms with Crippen molar-refractivity contribution in [1.29, 1.82) is 0 Å². The number of nitrogens with one attached hydrogen (secondary N) is 1. The average molecular weight is 416 g/mol. The lowest BCUT2D eigenvalue weighted by atomic mass is 10.0. The number of amides is 3. The number of benzene rings is 3. The van der Waals surface area contributed by atoms with Crippen molar-refractivity contribution in [3.63, 3.8) is 0 Å². The molecule has 5 nitrogen and oxygen atoms in total. The molecule has 6 heteroatoms. The third-order valence-electron chi connectivity index (χ3n) is 5.36. The van der Waals surface area contributed by atoms with E-state index in [2.05, 4.69) is 5.32 Å². The molecule has 1 aliphatic rings. The Morgan fingerprint density at radius 3 is 2.06 bits per heavy atom. The molecule has 3 aromatic rings. The van der Waals surface area contributed by atoms with Gasteiger partial charge in [0.15, 0.2) is 0 Å². The molecule has 4 rings (SSSR count). The van der Waals surface area contributed by atoms with Crippen molar-refractivity contribution in [2.24, 2.45) is 0 Å². The molecule has 0 aliphatic carbocycles. The predicted octanol–water partition coefficient (Wildman–Crippen LogP) is 3.39. The summed E-state index contributed by atoms with van der Waals surface area (Å²) in [5.74, 6) is -1.75. The van der Waals surface area contributed by atoms with Gasteiger partial charge in [0.05, 0.1) is 11.1 Å². The number of carbonyl (C=O) groups is 3. The molecule has 156 valence electrons. The number of hydrogen-bond acceptors (Lipinski definition) is 3. The Kier molecular flexibility index (Phi) is 5.89. The van der Waals surface area contributed by atoms with E-state index >= 15 is 0 Å². The van der Waals surface area contributed by atoms with Gasteiger partial charge in [0, 0.05) is 13.0 Å². The summed E-state index contributed by atoms with van der Waals surface area (Å²) < 4.78 is 13.8. The highest BCUT2D eigenvalue weighted by Crippen LogP contribution is 2.26. The van der Waals surface area contributed by atoms with E-state index in [0.717, 1.165) is 10.5 Å². The van der Waals surface area contributed by atoms with Crippen LogP contribution in [0.3, 0.4) is 0 Å². The fourth-order valence-corrected chi connectivity index (χ4v) is 3.77. The van der Waals surface area contributed by atoms with Gasteiger partial charge in [-0.1, -0.05) is 60.7 Å². The molecule has 31 heavy (non-hydrogen) atoms. The average Bonchev–Trinajstić information content (AvgIpc) is 3.04. The van der Waals surface area contributed by atoms with Gasteiger partial charge in [-0.3, -0.25) is 19.3 Å². The van der Waals surface area contributed by atoms with Crippen LogP contribution in [0.1, 0.15) is 31.8 Å². The Balaban J connectivity index is 1.55. The normalized spacial score (nSPS) is 13.8. The zero-order valence-corrected chi connectivity index (χ0v) is 16.8. The highest BCUT2D eigenvalue weighted by Gasteiger charge is 2.42. The van der Waals surface area contributed by atoms with E-state index in [9.17, 15) is 18.8 Å². The van der Waals surface area contributed by atoms with E-state index in [0.29, 0.717) is 23.1 Å². The third kappa shape index (κ3) is 4.23. The van der Waals surface area contributed by atoms with Gasteiger partial charge in [-0.25, -0.2) is 4.39 Å². The molecular weight excluding hydrogens is 395 g/mol. The van der Waals surface area contributed by atoms with Crippen LogP contribution in [0.15, 0.2) is 78.9 Å². The maximum Gasteiger partial charge on any atom is 0.262 e. The number of hydrogen-bond donors (Lipinski definition) is 1. The molecule has 0 fully saturated rings. The van der Waals surface area contributed by atoms with Gasteiger partial charge in [0.25, 0.3) is 11.8 Å². The zero-order valence-electron chi connectivity index (χ0n) is 16.8. The summed E-state index contributed by atoms with van der Waals surface area (Å²) in [5.41, 5.74) is 1.91. The SMILES string of the molecule is O=C(NCCc1ccccc1F)C(Cc1ccccc1)N1C(=O)c2ccccc2C1=O. The first kappa shape index (κ1) is 20.5. The molecule has 3 aromatic carbocycles. The van der Waals surface area contributed by atoms with Crippen molar-refractivity contribution in [3.8, 4) is 0 Å². The van der Waals surface area contributed by atoms with Crippen molar-refractivity contribution >= 4 is 17.7 Å². The van der Waals surface area contributed by atoms with Crippen molar-refractivity contribution in [2.45, 2.75) is 18.9 Å². The first-order chi connectivity index (χ1) is 15.1. The molecule has 1 unspecified atom stereocenters. The molecule has 0 saturated heterocycles. The molecule has 3 amide bonds. The summed E-state index contributed by atoms with van der Waals surface area (Å²) in [5, 5.41) is 2.77. The lowest BCUT2D eigenvalue weighted by Crippen LogP contribution is -2.51. The van der Waals surface area contributed by atoms with Crippen LogP contribution in [-0.2, 0) is 17.6 Å². The second-order valence-corrected chi connectivity index (χ2v) is 7.36. The Morgan fingerprint density at radius 1 is 0.839 bits per heavy atom. The van der Waals surface area contributed by atoms with Crippen LogP contribution in [0.5, 0.6) is 0 Å². The van der Waals surface area contributed by atoms with Crippen molar-refractivity contribution < 1.29 is 18.8 Å². The summed E-state index contributed by atoms with van der Waals surface area (Å²) in [7, 11) is 0. The minimum atomic E-state index is -1.00. The Labute approximate surface area is 179 Å². The summed E-state index contributed by atoms with van der Waals surface area (Å²) >= 11 is 0. The number of carbonyl (C=O) groups excluding carboxylic acids is 3. The van der Waals surface area contributed by atoms with E-state index in [-0.39, 0.29) is 18.8 Å². The quantitative estimate of drug-likeness (QED) is 0.601. The van der Waals surface area contributed by atoms with Crippen LogP contribution in [0, 0.1) is 5.82 Å². The highest BCUT2D eigenvalue weighted by atomic mass is 19.1. The summed E-state index contributed by atoms with van der Waals surface area (Å²) in [4.78, 5) is 40.1. The van der Waals surface area contributed by atoms with Crippen LogP contribution in [0.4, 0.5) is 4.39 Å². The lowest BCUT2D eigenvalue weighted by molar-refractivity contribution is -0.125. The summed E-state index contributed by atoms with van der Waals surface area (Å²) in [6, 6.07) is 21.1. The number of rotatable bonds is 7. The highest BCUT2D eigenvalue weighted by molar-refractivity contribution is 6.22. The van der Waals surface area contributed by atoms with Gasteiger partial charge in [0.1, 0.15) is 11.9 Å². The van der Waals surface area contributed by atoms with Gasteiger partial charge in [-0.15, -0.1) is 0 Å². The van der Waals surface area contributed by atoms with Crippen LogP contribution in [-0.4, -0.2) is 35.2 Å². The van der Waals surface area contributed by atoms with Gasteiger partial charge < -0.3 is 5.32 Å². The van der Waals surface area contributed by atoms with Gasteiger partial charge >= 0.3 is 0 Å². The van der Waals surface area contributed by atoms with Crippen LogP contribution in [0.25, 0.3) is 0 Å². The monoisotopic (exact) mass is 416 g/mol. The molecule has 1 aliphatic heterocycles. The number of nitrogens with zero attached hydrogens (tertiary/aromatic N) is 1. The van der Waals surface area contributed by atoms with Crippen LogP contribution < -0.4 is 5.32 Å².